The summed E-state index contributed by atoms with van der Waals surface area (Å²) in [4.78, 5) is 4.07. The summed E-state index contributed by atoms with van der Waals surface area (Å²) >= 11 is 0. The maximum Gasteiger partial charge on any atom is 0.119 e. The Labute approximate surface area is 81.7 Å². The van der Waals surface area contributed by atoms with Gasteiger partial charge in [0.1, 0.15) is 6.10 Å². The molecule has 3 nitrogen and oxygen atoms in total. The molecule has 0 fully saturated rings. The van der Waals surface area contributed by atoms with Crippen LogP contribution in [0.25, 0.3) is 10.8 Å². The fourth-order valence-electron chi connectivity index (χ4n) is 1.38. The minimum absolute atomic E-state index is 0.300. The van der Waals surface area contributed by atoms with Gasteiger partial charge < -0.3 is 10.2 Å². The first kappa shape index (κ1) is 9.12. The van der Waals surface area contributed by atoms with Gasteiger partial charge in [0.25, 0.3) is 0 Å². The molecule has 3 heteroatoms. The summed E-state index contributed by atoms with van der Waals surface area (Å²) in [7, 11) is 0. The van der Waals surface area contributed by atoms with Gasteiger partial charge in [-0.05, 0) is 11.5 Å². The molecule has 14 heavy (non-hydrogen) atoms. The molecule has 0 amide bonds. The fourth-order valence-corrected chi connectivity index (χ4v) is 1.38. The topological polar surface area (TPSA) is 53.4 Å². The van der Waals surface area contributed by atoms with Crippen molar-refractivity contribution in [1.82, 2.24) is 4.98 Å². The minimum atomic E-state index is -0.889. The molecule has 2 aromatic rings. The Hall–Kier alpha value is -1.45. The number of rotatable bonds is 2. The molecule has 2 rings (SSSR count). The Balaban J connectivity index is 2.51. The number of pyridine rings is 1. The molecule has 0 radical (unpaired) electrons. The van der Waals surface area contributed by atoms with Crippen LogP contribution in [0.15, 0.2) is 36.5 Å². The first-order valence-corrected chi connectivity index (χ1v) is 4.45. The second kappa shape index (κ2) is 3.74. The lowest BCUT2D eigenvalue weighted by Gasteiger charge is -2.06. The minimum Gasteiger partial charge on any atom is -0.393 e. The molecule has 1 aromatic carbocycles. The molecule has 0 aliphatic carbocycles. The van der Waals surface area contributed by atoms with Crippen LogP contribution in [0.3, 0.4) is 0 Å². The van der Waals surface area contributed by atoms with Gasteiger partial charge in [0.15, 0.2) is 0 Å². The molecule has 0 aliphatic rings. The number of aliphatic hydroxyl groups is 2. The SMILES string of the molecule is OCC(O)c1cc2ccccc2cn1. The highest BCUT2D eigenvalue weighted by Gasteiger charge is 2.07. The van der Waals surface area contributed by atoms with E-state index in [9.17, 15) is 5.11 Å². The van der Waals surface area contributed by atoms with Crippen LogP contribution < -0.4 is 0 Å². The Morgan fingerprint density at radius 1 is 1.21 bits per heavy atom. The molecule has 1 unspecified atom stereocenters. The van der Waals surface area contributed by atoms with E-state index >= 15 is 0 Å². The largest absolute Gasteiger partial charge is 0.393 e. The van der Waals surface area contributed by atoms with E-state index in [1.54, 1.807) is 12.3 Å². The monoisotopic (exact) mass is 189 g/mol. The van der Waals surface area contributed by atoms with E-state index in [0.29, 0.717) is 5.69 Å². The second-order valence-electron chi connectivity index (χ2n) is 3.15. The van der Waals surface area contributed by atoms with Gasteiger partial charge in [0.05, 0.1) is 12.3 Å². The van der Waals surface area contributed by atoms with Crippen molar-refractivity contribution in [3.05, 3.63) is 42.2 Å². The molecule has 72 valence electrons. The Kier molecular flexibility index (Phi) is 2.43. The fraction of sp³-hybridized carbons (Fsp3) is 0.182. The molecule has 1 heterocycles. The zero-order valence-corrected chi connectivity index (χ0v) is 7.59. The summed E-state index contributed by atoms with van der Waals surface area (Å²) in [5, 5.41) is 20.2. The van der Waals surface area contributed by atoms with Crippen molar-refractivity contribution in [3.8, 4) is 0 Å². The highest BCUT2D eigenvalue weighted by molar-refractivity contribution is 5.81. The molecule has 1 atom stereocenters. The van der Waals surface area contributed by atoms with Gasteiger partial charge in [-0.1, -0.05) is 24.3 Å². The highest BCUT2D eigenvalue weighted by atomic mass is 16.3. The van der Waals surface area contributed by atoms with Gasteiger partial charge in [0, 0.05) is 11.6 Å². The van der Waals surface area contributed by atoms with E-state index < -0.39 is 6.10 Å². The van der Waals surface area contributed by atoms with E-state index in [1.165, 1.54) is 0 Å². The van der Waals surface area contributed by atoms with Crippen LogP contribution >= 0.6 is 0 Å². The summed E-state index contributed by atoms with van der Waals surface area (Å²) < 4.78 is 0. The zero-order chi connectivity index (χ0) is 9.97. The number of hydrogen-bond acceptors (Lipinski definition) is 3. The first-order chi connectivity index (χ1) is 6.81. The van der Waals surface area contributed by atoms with E-state index in [0.717, 1.165) is 10.8 Å². The Morgan fingerprint density at radius 3 is 2.64 bits per heavy atom. The maximum absolute atomic E-state index is 9.38. The smallest absolute Gasteiger partial charge is 0.119 e. The second-order valence-corrected chi connectivity index (χ2v) is 3.15. The van der Waals surface area contributed by atoms with Gasteiger partial charge in [-0.25, -0.2) is 0 Å². The summed E-state index contributed by atoms with van der Waals surface area (Å²) in [6, 6.07) is 9.56. The average Bonchev–Trinajstić information content (AvgIpc) is 2.27. The lowest BCUT2D eigenvalue weighted by molar-refractivity contribution is 0.0924. The third kappa shape index (κ3) is 1.60. The number of hydrogen-bond donors (Lipinski definition) is 2. The Bertz CT molecular complexity index is 442. The third-order valence-electron chi connectivity index (χ3n) is 2.17. The summed E-state index contributed by atoms with van der Waals surface area (Å²) in [6.45, 7) is -0.300. The molecular weight excluding hydrogens is 178 g/mol. The normalized spacial score (nSPS) is 13.0. The Morgan fingerprint density at radius 2 is 1.93 bits per heavy atom. The van der Waals surface area contributed by atoms with Crippen LogP contribution in [-0.2, 0) is 0 Å². The van der Waals surface area contributed by atoms with E-state index in [4.69, 9.17) is 5.11 Å². The highest BCUT2D eigenvalue weighted by Crippen LogP contribution is 2.17. The van der Waals surface area contributed by atoms with Crippen molar-refractivity contribution in [2.24, 2.45) is 0 Å². The summed E-state index contributed by atoms with van der Waals surface area (Å²) in [6.07, 6.45) is 0.809. The van der Waals surface area contributed by atoms with Crippen molar-refractivity contribution in [3.63, 3.8) is 0 Å². The van der Waals surface area contributed by atoms with Crippen molar-refractivity contribution in [1.29, 1.82) is 0 Å². The van der Waals surface area contributed by atoms with Crippen molar-refractivity contribution >= 4 is 10.8 Å². The number of aliphatic hydroxyl groups excluding tert-OH is 2. The molecule has 2 N–H and O–H groups in total. The summed E-state index contributed by atoms with van der Waals surface area (Å²) in [5.41, 5.74) is 0.506. The predicted molar refractivity (Wildman–Crippen MR) is 53.8 cm³/mol. The maximum atomic E-state index is 9.38. The number of fused-ring (bicyclic) bond motifs is 1. The molecule has 1 aromatic heterocycles. The first-order valence-electron chi connectivity index (χ1n) is 4.45. The van der Waals surface area contributed by atoms with Crippen LogP contribution in [0.1, 0.15) is 11.8 Å². The quantitative estimate of drug-likeness (QED) is 0.747. The average molecular weight is 189 g/mol. The lowest BCUT2D eigenvalue weighted by Crippen LogP contribution is -2.04. The lowest BCUT2D eigenvalue weighted by atomic mass is 10.1. The zero-order valence-electron chi connectivity index (χ0n) is 7.59. The van der Waals surface area contributed by atoms with Gasteiger partial charge in [-0.2, -0.15) is 0 Å². The van der Waals surface area contributed by atoms with Crippen molar-refractivity contribution in [2.45, 2.75) is 6.10 Å². The van der Waals surface area contributed by atoms with E-state index in [2.05, 4.69) is 4.98 Å². The van der Waals surface area contributed by atoms with E-state index in [-0.39, 0.29) is 6.61 Å². The molecule has 0 saturated carbocycles. The van der Waals surface area contributed by atoms with Crippen molar-refractivity contribution < 1.29 is 10.2 Å². The molecule has 0 spiro atoms. The number of aromatic nitrogens is 1. The van der Waals surface area contributed by atoms with Gasteiger partial charge in [-0.15, -0.1) is 0 Å². The van der Waals surface area contributed by atoms with Crippen LogP contribution in [-0.4, -0.2) is 21.8 Å². The van der Waals surface area contributed by atoms with Crippen LogP contribution in [0.5, 0.6) is 0 Å². The molecular formula is C11H11NO2. The van der Waals surface area contributed by atoms with E-state index in [1.807, 2.05) is 24.3 Å². The van der Waals surface area contributed by atoms with Crippen LogP contribution in [0.4, 0.5) is 0 Å². The molecule has 0 bridgehead atoms. The van der Waals surface area contributed by atoms with Crippen LogP contribution in [0, 0.1) is 0 Å². The van der Waals surface area contributed by atoms with Gasteiger partial charge >= 0.3 is 0 Å². The van der Waals surface area contributed by atoms with Crippen molar-refractivity contribution in [2.75, 3.05) is 6.61 Å². The standard InChI is InChI=1S/C11H11NO2/c13-7-11(14)10-5-8-3-1-2-4-9(8)6-12-10/h1-6,11,13-14H,7H2. The third-order valence-corrected chi connectivity index (χ3v) is 2.17. The van der Waals surface area contributed by atoms with Gasteiger partial charge in [0.2, 0.25) is 0 Å². The predicted octanol–water partition coefficient (Wildman–Crippen LogP) is 1.26. The number of benzene rings is 1. The molecule has 0 saturated heterocycles. The summed E-state index contributed by atoms with van der Waals surface area (Å²) in [5.74, 6) is 0. The van der Waals surface area contributed by atoms with Crippen LogP contribution in [0.2, 0.25) is 0 Å². The number of nitrogens with zero attached hydrogens (tertiary/aromatic N) is 1. The van der Waals surface area contributed by atoms with Gasteiger partial charge in [-0.3, -0.25) is 4.98 Å². The molecule has 0 aliphatic heterocycles.